The Hall–Kier alpha value is -3.72. The number of pyridine rings is 2. The van der Waals surface area contributed by atoms with Gasteiger partial charge in [-0.1, -0.05) is 50.2 Å². The van der Waals surface area contributed by atoms with E-state index in [1.54, 1.807) is 0 Å². The third-order valence-electron chi connectivity index (χ3n) is 6.59. The van der Waals surface area contributed by atoms with E-state index in [9.17, 15) is 0 Å². The van der Waals surface area contributed by atoms with Gasteiger partial charge in [-0.15, -0.1) is 0 Å². The number of aryl methyl sites for hydroxylation is 2. The molecule has 32 heavy (non-hydrogen) atoms. The molecule has 3 aromatic heterocycles. The molecule has 0 aliphatic heterocycles. The number of hydrogen-bond donors (Lipinski definition) is 0. The van der Waals surface area contributed by atoms with Gasteiger partial charge in [0.15, 0.2) is 11.8 Å². The zero-order chi connectivity index (χ0) is 22.9. The van der Waals surface area contributed by atoms with Crippen LogP contribution in [0.25, 0.3) is 54.9 Å². The summed E-state index contributed by atoms with van der Waals surface area (Å²) >= 11 is 0. The summed E-state index contributed by atoms with van der Waals surface area (Å²) in [6.45, 7) is 5.98. The Balaban J connectivity index is 1.64. The summed E-state index contributed by atoms with van der Waals surface area (Å²) in [4.78, 5) is 4.72. The van der Waals surface area contributed by atoms with Crippen molar-refractivity contribution in [2.24, 2.45) is 7.05 Å². The average molecular weight is 419 g/mol. The van der Waals surface area contributed by atoms with Crippen molar-refractivity contribution in [1.29, 1.82) is 0 Å². The first-order valence-electron chi connectivity index (χ1n) is 11.5. The summed E-state index contributed by atoms with van der Waals surface area (Å²) in [6.07, 6.45) is 4.02. The number of aromatic nitrogens is 2. The summed E-state index contributed by atoms with van der Waals surface area (Å²) in [5, 5.41) is 5.50. The van der Waals surface area contributed by atoms with Crippen molar-refractivity contribution in [3.63, 3.8) is 0 Å². The molecule has 0 spiro atoms. The molecule has 0 radical (unpaired) electrons. The molecule has 0 aliphatic rings. The molecule has 3 heterocycles. The molecule has 3 nitrogen and oxygen atoms in total. The Morgan fingerprint density at radius 3 is 2.56 bits per heavy atom. The first-order valence-corrected chi connectivity index (χ1v) is 11.0. The standard InChI is InChI=1S/C29H25N2O/c1-17(2)19-9-10-23-20(15-19)13-14-31(4)27(23)22-11-12-25-26-29(32-28(25)18(22)3)24-8-6-5-7-21(24)16-30-26/h5-17H,1-4H3/q+1/i17D. The van der Waals surface area contributed by atoms with E-state index in [-0.39, 0.29) is 0 Å². The van der Waals surface area contributed by atoms with Gasteiger partial charge in [0.2, 0.25) is 5.69 Å². The van der Waals surface area contributed by atoms with E-state index in [2.05, 4.69) is 73.3 Å². The van der Waals surface area contributed by atoms with Gasteiger partial charge in [0.25, 0.3) is 0 Å². The first-order chi connectivity index (χ1) is 15.8. The predicted octanol–water partition coefficient (Wildman–Crippen LogP) is 7.21. The highest BCUT2D eigenvalue weighted by molar-refractivity contribution is 6.14. The molecule has 0 unspecified atom stereocenters. The van der Waals surface area contributed by atoms with Crippen molar-refractivity contribution in [2.75, 3.05) is 0 Å². The third-order valence-corrected chi connectivity index (χ3v) is 6.59. The zero-order valence-corrected chi connectivity index (χ0v) is 18.7. The van der Waals surface area contributed by atoms with E-state index in [0.29, 0.717) is 0 Å². The maximum atomic E-state index is 8.42. The molecular weight excluding hydrogens is 392 g/mol. The zero-order valence-electron chi connectivity index (χ0n) is 19.7. The Morgan fingerprint density at radius 1 is 0.906 bits per heavy atom. The molecule has 0 amide bonds. The van der Waals surface area contributed by atoms with Gasteiger partial charge in [-0.2, -0.15) is 0 Å². The Kier molecular flexibility index (Phi) is 3.86. The predicted molar refractivity (Wildman–Crippen MR) is 132 cm³/mol. The molecule has 0 N–H and O–H groups in total. The van der Waals surface area contributed by atoms with Gasteiger partial charge in [-0.05, 0) is 42.0 Å². The number of nitrogens with zero attached hydrogens (tertiary/aromatic N) is 2. The molecule has 3 heteroatoms. The van der Waals surface area contributed by atoms with E-state index in [4.69, 9.17) is 10.8 Å². The SMILES string of the molecule is [2H]C(C)(C)c1ccc2c(-c3ccc4c(oc5c6ccccc6cnc45)c3C)[n+](C)ccc2c1. The molecule has 0 saturated carbocycles. The Labute approximate surface area is 188 Å². The topological polar surface area (TPSA) is 29.9 Å². The van der Waals surface area contributed by atoms with Crippen LogP contribution in [-0.4, -0.2) is 4.98 Å². The molecule has 0 aliphatic carbocycles. The summed E-state index contributed by atoms with van der Waals surface area (Å²) in [5.74, 6) is -0.634. The molecule has 0 bridgehead atoms. The number of fused-ring (bicyclic) bond motifs is 6. The van der Waals surface area contributed by atoms with Crippen molar-refractivity contribution < 1.29 is 10.4 Å². The fraction of sp³-hybridized carbons (Fsp3) is 0.172. The van der Waals surface area contributed by atoms with Crippen LogP contribution in [0.2, 0.25) is 0 Å². The van der Waals surface area contributed by atoms with Gasteiger partial charge >= 0.3 is 0 Å². The monoisotopic (exact) mass is 418 g/mol. The number of furan rings is 1. The second-order valence-electron chi connectivity index (χ2n) is 8.82. The van der Waals surface area contributed by atoms with Gasteiger partial charge in [-0.25, -0.2) is 4.57 Å². The summed E-state index contributed by atoms with van der Waals surface area (Å²) in [5.41, 5.74) is 7.01. The van der Waals surface area contributed by atoms with Crippen molar-refractivity contribution in [3.05, 3.63) is 84.2 Å². The lowest BCUT2D eigenvalue weighted by molar-refractivity contribution is -0.659. The van der Waals surface area contributed by atoms with E-state index >= 15 is 0 Å². The van der Waals surface area contributed by atoms with Crippen LogP contribution in [0.15, 0.2) is 77.5 Å². The van der Waals surface area contributed by atoms with Gasteiger partial charge in [-0.3, -0.25) is 4.98 Å². The fourth-order valence-corrected chi connectivity index (χ4v) is 4.82. The van der Waals surface area contributed by atoms with Gasteiger partial charge in [0.1, 0.15) is 18.1 Å². The minimum Gasteiger partial charge on any atom is -0.453 e. The van der Waals surface area contributed by atoms with Crippen LogP contribution in [0.3, 0.4) is 0 Å². The van der Waals surface area contributed by atoms with Gasteiger partial charge in [0, 0.05) is 35.4 Å². The van der Waals surface area contributed by atoms with E-state index < -0.39 is 5.89 Å². The van der Waals surface area contributed by atoms with Crippen LogP contribution >= 0.6 is 0 Å². The lowest BCUT2D eigenvalue weighted by Gasteiger charge is -2.11. The van der Waals surface area contributed by atoms with Crippen molar-refractivity contribution >= 4 is 43.6 Å². The summed E-state index contributed by atoms with van der Waals surface area (Å²) in [6, 6.07) is 21.0. The number of rotatable bonds is 2. The van der Waals surface area contributed by atoms with Crippen molar-refractivity contribution in [1.82, 2.24) is 4.98 Å². The molecule has 156 valence electrons. The van der Waals surface area contributed by atoms with Crippen LogP contribution in [-0.2, 0) is 7.05 Å². The van der Waals surface area contributed by atoms with Crippen LogP contribution in [0.5, 0.6) is 0 Å². The smallest absolute Gasteiger partial charge is 0.220 e. The maximum absolute atomic E-state index is 8.42. The highest BCUT2D eigenvalue weighted by Gasteiger charge is 2.22. The second kappa shape index (κ2) is 6.89. The third kappa shape index (κ3) is 2.67. The Bertz CT molecular complexity index is 1720. The van der Waals surface area contributed by atoms with Crippen molar-refractivity contribution in [3.8, 4) is 11.3 Å². The lowest BCUT2D eigenvalue weighted by atomic mass is 9.95. The summed E-state index contributed by atoms with van der Waals surface area (Å²) < 4.78 is 17.1. The lowest BCUT2D eigenvalue weighted by Crippen LogP contribution is -2.30. The molecule has 0 fully saturated rings. The number of benzene rings is 3. The minimum absolute atomic E-state index is 0.634. The molecule has 3 aromatic carbocycles. The van der Waals surface area contributed by atoms with Crippen LogP contribution < -0.4 is 4.57 Å². The van der Waals surface area contributed by atoms with Gasteiger partial charge < -0.3 is 4.42 Å². The van der Waals surface area contributed by atoms with E-state index in [0.717, 1.165) is 66.0 Å². The summed E-state index contributed by atoms with van der Waals surface area (Å²) in [7, 11) is 2.08. The fourth-order valence-electron chi connectivity index (χ4n) is 4.82. The first kappa shape index (κ1) is 17.9. The molecule has 0 atom stereocenters. The van der Waals surface area contributed by atoms with E-state index in [1.165, 1.54) is 0 Å². The van der Waals surface area contributed by atoms with E-state index in [1.807, 2.05) is 32.2 Å². The quantitative estimate of drug-likeness (QED) is 0.278. The number of hydrogen-bond acceptors (Lipinski definition) is 2. The van der Waals surface area contributed by atoms with Crippen LogP contribution in [0, 0.1) is 6.92 Å². The normalized spacial score (nSPS) is 12.8. The molecule has 6 aromatic rings. The minimum atomic E-state index is -0.634. The van der Waals surface area contributed by atoms with Crippen molar-refractivity contribution in [2.45, 2.75) is 26.7 Å². The Morgan fingerprint density at radius 2 is 1.72 bits per heavy atom. The second-order valence-corrected chi connectivity index (χ2v) is 8.82. The average Bonchev–Trinajstić information content (AvgIpc) is 3.19. The molecule has 0 saturated heterocycles. The molecular formula is C29H25N2O+. The highest BCUT2D eigenvalue weighted by Crippen LogP contribution is 2.38. The maximum Gasteiger partial charge on any atom is 0.220 e. The van der Waals surface area contributed by atoms with Crippen LogP contribution in [0.1, 0.15) is 32.2 Å². The van der Waals surface area contributed by atoms with Crippen LogP contribution in [0.4, 0.5) is 0 Å². The molecule has 6 rings (SSSR count). The highest BCUT2D eigenvalue weighted by atomic mass is 16.3. The largest absolute Gasteiger partial charge is 0.453 e. The van der Waals surface area contributed by atoms with Gasteiger partial charge in [0.05, 0.1) is 10.9 Å².